The molecule has 1 N–H and O–H groups in total. The average Bonchev–Trinajstić information content (AvgIpc) is 2.68. The van der Waals surface area contributed by atoms with Crippen LogP contribution in [0.2, 0.25) is 0 Å². The van der Waals surface area contributed by atoms with Crippen molar-refractivity contribution < 1.29 is 14.3 Å². The Bertz CT molecular complexity index is 697. The highest BCUT2D eigenvalue weighted by atomic mass is 16.6. The number of anilines is 2. The molecule has 0 spiro atoms. The maximum atomic E-state index is 11.8. The Morgan fingerprint density at radius 1 is 1.11 bits per heavy atom. The molecule has 0 bridgehead atoms. The summed E-state index contributed by atoms with van der Waals surface area (Å²) in [5.74, 6) is 1.63. The zero-order chi connectivity index (χ0) is 20.1. The molecule has 0 aliphatic carbocycles. The third-order valence-corrected chi connectivity index (χ3v) is 5.24. The van der Waals surface area contributed by atoms with Gasteiger partial charge in [-0.1, -0.05) is 0 Å². The number of ether oxygens (including phenoxy) is 1. The lowest BCUT2D eigenvalue weighted by Gasteiger charge is -2.35. The smallest absolute Gasteiger partial charge is 0.409 e. The molecule has 2 amide bonds. The molecular weight excluding hydrogens is 360 g/mol. The molecule has 2 fully saturated rings. The molecule has 9 nitrogen and oxygen atoms in total. The Kier molecular flexibility index (Phi) is 6.53. The van der Waals surface area contributed by atoms with Gasteiger partial charge in [0.15, 0.2) is 0 Å². The van der Waals surface area contributed by atoms with Crippen LogP contribution in [0, 0.1) is 6.92 Å². The van der Waals surface area contributed by atoms with Crippen molar-refractivity contribution in [3.63, 3.8) is 0 Å². The van der Waals surface area contributed by atoms with E-state index < -0.39 is 0 Å². The van der Waals surface area contributed by atoms with Gasteiger partial charge in [-0.25, -0.2) is 9.78 Å². The summed E-state index contributed by atoms with van der Waals surface area (Å²) in [7, 11) is 0. The highest BCUT2D eigenvalue weighted by Crippen LogP contribution is 2.20. The van der Waals surface area contributed by atoms with Crippen molar-refractivity contribution in [3.8, 4) is 0 Å². The molecule has 0 unspecified atom stereocenters. The van der Waals surface area contributed by atoms with Crippen LogP contribution in [0.5, 0.6) is 0 Å². The summed E-state index contributed by atoms with van der Waals surface area (Å²) in [5.41, 5.74) is 0.908. The van der Waals surface area contributed by atoms with E-state index >= 15 is 0 Å². The van der Waals surface area contributed by atoms with Gasteiger partial charge in [-0.05, 0) is 26.7 Å². The van der Waals surface area contributed by atoms with Crippen LogP contribution in [0.4, 0.5) is 16.6 Å². The number of likely N-dealkylation sites (tertiary alicyclic amines) is 1. The first-order valence-corrected chi connectivity index (χ1v) is 10.0. The highest BCUT2D eigenvalue weighted by Gasteiger charge is 2.25. The molecule has 154 valence electrons. The molecule has 1 aromatic rings. The first-order chi connectivity index (χ1) is 13.5. The number of carbonyl (C=O) groups excluding carboxylic acids is 2. The summed E-state index contributed by atoms with van der Waals surface area (Å²) in [6, 6.07) is 2.22. The minimum Gasteiger partial charge on any atom is -0.450 e. The van der Waals surface area contributed by atoms with E-state index in [1.54, 1.807) is 11.8 Å². The van der Waals surface area contributed by atoms with Gasteiger partial charge in [0.1, 0.15) is 5.82 Å². The number of nitrogens with zero attached hydrogens (tertiary/aromatic N) is 5. The third-order valence-electron chi connectivity index (χ3n) is 5.24. The van der Waals surface area contributed by atoms with Gasteiger partial charge in [0.05, 0.1) is 6.61 Å². The number of hydrogen-bond acceptors (Lipinski definition) is 7. The molecule has 1 aromatic heterocycles. The summed E-state index contributed by atoms with van der Waals surface area (Å²) in [6.45, 7) is 10.1. The Labute approximate surface area is 166 Å². The Morgan fingerprint density at radius 2 is 1.79 bits per heavy atom. The van der Waals surface area contributed by atoms with Crippen molar-refractivity contribution in [1.29, 1.82) is 0 Å². The second-order valence-electron chi connectivity index (χ2n) is 7.29. The zero-order valence-electron chi connectivity index (χ0n) is 17.0. The van der Waals surface area contributed by atoms with E-state index in [0.717, 1.165) is 37.4 Å². The Hall–Kier alpha value is -2.58. The predicted octanol–water partition coefficient (Wildman–Crippen LogP) is 1.49. The van der Waals surface area contributed by atoms with Crippen LogP contribution >= 0.6 is 0 Å². The quantitative estimate of drug-likeness (QED) is 0.833. The number of hydrogen-bond donors (Lipinski definition) is 1. The predicted molar refractivity (Wildman–Crippen MR) is 106 cm³/mol. The van der Waals surface area contributed by atoms with Crippen LogP contribution in [0.1, 0.15) is 32.4 Å². The number of carbonyl (C=O) groups is 2. The molecule has 9 heteroatoms. The van der Waals surface area contributed by atoms with Gasteiger partial charge in [-0.3, -0.25) is 4.79 Å². The van der Waals surface area contributed by atoms with Gasteiger partial charge in [0.2, 0.25) is 11.9 Å². The fourth-order valence-electron chi connectivity index (χ4n) is 3.63. The first kappa shape index (κ1) is 20.2. The highest BCUT2D eigenvalue weighted by molar-refractivity contribution is 5.73. The second-order valence-corrected chi connectivity index (χ2v) is 7.29. The fraction of sp³-hybridized carbons (Fsp3) is 0.684. The van der Waals surface area contributed by atoms with Gasteiger partial charge < -0.3 is 24.8 Å². The van der Waals surface area contributed by atoms with Crippen LogP contribution < -0.4 is 10.2 Å². The minimum absolute atomic E-state index is 0.120. The molecule has 0 saturated carbocycles. The Balaban J connectivity index is 1.57. The van der Waals surface area contributed by atoms with Gasteiger partial charge >= 0.3 is 6.09 Å². The Morgan fingerprint density at radius 3 is 2.39 bits per heavy atom. The fourth-order valence-corrected chi connectivity index (χ4v) is 3.63. The van der Waals surface area contributed by atoms with E-state index in [2.05, 4.69) is 15.2 Å². The number of aryl methyl sites for hydroxylation is 1. The number of amides is 2. The molecular formula is C19H30N6O3. The number of piperidine rings is 1. The van der Waals surface area contributed by atoms with Gasteiger partial charge in [0, 0.05) is 64.0 Å². The summed E-state index contributed by atoms with van der Waals surface area (Å²) in [5, 5.41) is 3.43. The lowest BCUT2D eigenvalue weighted by molar-refractivity contribution is -0.129. The molecule has 0 atom stereocenters. The molecule has 0 radical (unpaired) electrons. The number of aromatic nitrogens is 2. The maximum Gasteiger partial charge on any atom is 0.409 e. The normalized spacial score (nSPS) is 18.2. The topological polar surface area (TPSA) is 90.9 Å². The second kappa shape index (κ2) is 9.07. The third kappa shape index (κ3) is 5.02. The van der Waals surface area contributed by atoms with Crippen molar-refractivity contribution in [3.05, 3.63) is 11.8 Å². The van der Waals surface area contributed by atoms with Gasteiger partial charge in [-0.15, -0.1) is 0 Å². The van der Waals surface area contributed by atoms with E-state index in [-0.39, 0.29) is 18.0 Å². The molecule has 0 aromatic carbocycles. The maximum absolute atomic E-state index is 11.8. The lowest BCUT2D eigenvalue weighted by atomic mass is 10.1. The standard InChI is InChI=1S/C19H30N6O3/c1-4-28-19(27)25-7-5-16(6-8-25)21-18-20-14(2)13-17(22-18)24-11-9-23(10-12-24)15(3)26/h13,16H,4-12H2,1-3H3,(H,20,21,22). The molecule has 3 rings (SSSR count). The SMILES string of the molecule is CCOC(=O)N1CCC(Nc2nc(C)cc(N3CCN(C(C)=O)CC3)n2)CC1. The van der Waals surface area contributed by atoms with E-state index in [0.29, 0.717) is 38.7 Å². The van der Waals surface area contributed by atoms with Crippen LogP contribution in [-0.2, 0) is 9.53 Å². The van der Waals surface area contributed by atoms with E-state index in [1.165, 1.54) is 0 Å². The van der Waals surface area contributed by atoms with Gasteiger partial charge in [0.25, 0.3) is 0 Å². The average molecular weight is 390 g/mol. The lowest BCUT2D eigenvalue weighted by Crippen LogP contribution is -2.48. The largest absolute Gasteiger partial charge is 0.450 e. The van der Waals surface area contributed by atoms with E-state index in [9.17, 15) is 9.59 Å². The van der Waals surface area contributed by atoms with Crippen molar-refractivity contribution in [2.45, 2.75) is 39.7 Å². The molecule has 2 saturated heterocycles. The van der Waals surface area contributed by atoms with Crippen LogP contribution in [0.3, 0.4) is 0 Å². The summed E-state index contributed by atoms with van der Waals surface area (Å²) in [6.07, 6.45) is 1.44. The van der Waals surface area contributed by atoms with Crippen molar-refractivity contribution in [1.82, 2.24) is 19.8 Å². The minimum atomic E-state index is -0.236. The van der Waals surface area contributed by atoms with Gasteiger partial charge in [-0.2, -0.15) is 4.98 Å². The monoisotopic (exact) mass is 390 g/mol. The van der Waals surface area contributed by atoms with E-state index in [4.69, 9.17) is 9.72 Å². The van der Waals surface area contributed by atoms with Crippen LogP contribution in [0.25, 0.3) is 0 Å². The molecule has 28 heavy (non-hydrogen) atoms. The van der Waals surface area contributed by atoms with Crippen LogP contribution in [0.15, 0.2) is 6.07 Å². The molecule has 2 aliphatic heterocycles. The summed E-state index contributed by atoms with van der Waals surface area (Å²) < 4.78 is 5.07. The van der Waals surface area contributed by atoms with Crippen molar-refractivity contribution >= 4 is 23.8 Å². The van der Waals surface area contributed by atoms with Crippen molar-refractivity contribution in [2.75, 3.05) is 56.1 Å². The molecule has 2 aliphatic rings. The number of nitrogens with one attached hydrogen (secondary N) is 1. The number of piperazine rings is 1. The number of rotatable bonds is 4. The molecule has 3 heterocycles. The van der Waals surface area contributed by atoms with Crippen molar-refractivity contribution in [2.24, 2.45) is 0 Å². The van der Waals surface area contributed by atoms with E-state index in [1.807, 2.05) is 24.8 Å². The van der Waals surface area contributed by atoms with Crippen LogP contribution in [-0.4, -0.2) is 83.7 Å². The summed E-state index contributed by atoms with van der Waals surface area (Å²) in [4.78, 5) is 38.4. The summed E-state index contributed by atoms with van der Waals surface area (Å²) >= 11 is 0. The first-order valence-electron chi connectivity index (χ1n) is 10.0. The zero-order valence-corrected chi connectivity index (χ0v) is 17.0.